The van der Waals surface area contributed by atoms with E-state index in [9.17, 15) is 31.5 Å². The number of carbonyl (C=O) groups excluding carboxylic acids is 2. The Hall–Kier alpha value is -3.96. The number of benzene rings is 1. The lowest BCUT2D eigenvalue weighted by Crippen LogP contribution is -2.34. The summed E-state index contributed by atoms with van der Waals surface area (Å²) in [4.78, 5) is 31.7. The number of aryl methyl sites for hydroxylation is 2. The molecule has 3 heterocycles. The number of nitrogens with zero attached hydrogens (tertiary/aromatic N) is 6. The number of rotatable bonds is 9. The minimum Gasteiger partial charge on any atom is -0.352 e. The van der Waals surface area contributed by atoms with Crippen molar-refractivity contribution in [2.75, 3.05) is 11.9 Å². The van der Waals surface area contributed by atoms with Crippen LogP contribution in [0, 0.1) is 23.3 Å². The van der Waals surface area contributed by atoms with E-state index in [1.807, 2.05) is 0 Å². The first-order chi connectivity index (χ1) is 20.2. The van der Waals surface area contributed by atoms with Gasteiger partial charge in [0, 0.05) is 16.3 Å². The van der Waals surface area contributed by atoms with Crippen LogP contribution in [0.2, 0.25) is 0 Å². The van der Waals surface area contributed by atoms with E-state index in [0.29, 0.717) is 40.3 Å². The summed E-state index contributed by atoms with van der Waals surface area (Å²) in [5.74, 6) is -5.48. The lowest BCUT2D eigenvalue weighted by atomic mass is 10.1. The molecule has 5 rings (SSSR count). The lowest BCUT2D eigenvalue weighted by molar-refractivity contribution is -0.291. The first-order valence-corrected chi connectivity index (χ1v) is 14.1. The fraction of sp³-hybridized carbons (Fsp3) is 0.333. The minimum atomic E-state index is -5.85. The first-order valence-electron chi connectivity index (χ1n) is 13.0. The van der Waals surface area contributed by atoms with E-state index in [0.717, 1.165) is 16.4 Å². The molecule has 0 aliphatic heterocycles. The van der Waals surface area contributed by atoms with Crippen molar-refractivity contribution in [3.05, 3.63) is 80.1 Å². The van der Waals surface area contributed by atoms with Gasteiger partial charge in [0.1, 0.15) is 12.2 Å². The molecule has 43 heavy (non-hydrogen) atoms. The monoisotopic (exact) mass is 714 g/mol. The fourth-order valence-electron chi connectivity index (χ4n) is 4.26. The maximum Gasteiger partial charge on any atom is 0.459 e. The number of nitrogens with one attached hydrogen (secondary N) is 2. The highest BCUT2D eigenvalue weighted by molar-refractivity contribution is 14.1. The molecule has 2 amide bonds. The molecule has 1 aliphatic carbocycles. The standard InChI is InChI=1S/C27H24F5IN8O2/c1-14-4-3-7-34-23(14)41-20(10-18(38-41)13-40-36-12-21(39-40)26(28,29)27(30,31)32)25(43)37-22-15(2)8-17(33)9-19(22)24(42)35-11-16-5-6-16/h3-4,7-10,12,16H,5-6,11,13H2,1-2H3,(H,35,42)(H,37,43). The van der Waals surface area contributed by atoms with Gasteiger partial charge in [0.15, 0.2) is 11.5 Å². The first kappa shape index (κ1) is 30.5. The Balaban J connectivity index is 1.48. The van der Waals surface area contributed by atoms with Crippen LogP contribution in [0.3, 0.4) is 0 Å². The molecule has 0 atom stereocenters. The third kappa shape index (κ3) is 6.52. The van der Waals surface area contributed by atoms with Crippen molar-refractivity contribution in [3.63, 3.8) is 0 Å². The number of pyridine rings is 1. The van der Waals surface area contributed by atoms with Crippen molar-refractivity contribution in [2.45, 2.75) is 45.3 Å². The number of alkyl halides is 5. The van der Waals surface area contributed by atoms with Crippen molar-refractivity contribution in [1.29, 1.82) is 0 Å². The van der Waals surface area contributed by atoms with Gasteiger partial charge in [0.25, 0.3) is 11.8 Å². The van der Waals surface area contributed by atoms with Gasteiger partial charge in [-0.15, -0.1) is 0 Å². The third-order valence-electron chi connectivity index (χ3n) is 6.72. The van der Waals surface area contributed by atoms with Gasteiger partial charge < -0.3 is 10.6 Å². The van der Waals surface area contributed by atoms with Gasteiger partial charge in [0.05, 0.1) is 23.1 Å². The SMILES string of the molecule is Cc1cccnc1-n1nc(Cn2ncc(C(F)(F)C(F)(F)F)n2)cc1C(=O)Nc1c(C)cc(I)cc1C(=O)NCC1CC1. The van der Waals surface area contributed by atoms with Crippen molar-refractivity contribution in [2.24, 2.45) is 5.92 Å². The Bertz CT molecular complexity index is 1700. The van der Waals surface area contributed by atoms with Gasteiger partial charge in [0.2, 0.25) is 0 Å². The van der Waals surface area contributed by atoms with Crippen LogP contribution in [0.4, 0.5) is 27.6 Å². The van der Waals surface area contributed by atoms with Crippen LogP contribution in [-0.2, 0) is 12.5 Å². The summed E-state index contributed by atoms with van der Waals surface area (Å²) < 4.78 is 67.9. The predicted molar refractivity (Wildman–Crippen MR) is 152 cm³/mol. The number of aromatic nitrogens is 6. The molecular formula is C27H24F5IN8O2. The summed E-state index contributed by atoms with van der Waals surface area (Å²) in [7, 11) is 0. The number of carbonyl (C=O) groups is 2. The Morgan fingerprint density at radius 3 is 2.47 bits per heavy atom. The van der Waals surface area contributed by atoms with Gasteiger partial charge in [-0.05, 0) is 90.6 Å². The fourth-order valence-corrected chi connectivity index (χ4v) is 5.04. The van der Waals surface area contributed by atoms with Crippen LogP contribution in [0.15, 0.2) is 42.7 Å². The van der Waals surface area contributed by atoms with Crippen LogP contribution < -0.4 is 10.6 Å². The summed E-state index contributed by atoms with van der Waals surface area (Å²) in [5.41, 5.74) is 0.314. The second kappa shape index (κ2) is 11.6. The summed E-state index contributed by atoms with van der Waals surface area (Å²) in [6.45, 7) is 3.59. The van der Waals surface area contributed by atoms with Gasteiger partial charge in [-0.25, -0.2) is 9.67 Å². The molecule has 4 aromatic rings. The molecule has 2 N–H and O–H groups in total. The second-order valence-electron chi connectivity index (χ2n) is 10.2. The summed E-state index contributed by atoms with van der Waals surface area (Å²) in [6.07, 6.45) is -1.93. The number of hydrogen-bond donors (Lipinski definition) is 2. The van der Waals surface area contributed by atoms with Crippen LogP contribution in [0.1, 0.15) is 56.2 Å². The zero-order chi connectivity index (χ0) is 31.1. The average molecular weight is 714 g/mol. The molecule has 226 valence electrons. The zero-order valence-corrected chi connectivity index (χ0v) is 24.9. The molecule has 0 spiro atoms. The molecule has 3 aromatic heterocycles. The summed E-state index contributed by atoms with van der Waals surface area (Å²) in [6, 6.07) is 8.20. The maximum absolute atomic E-state index is 13.7. The topological polar surface area (TPSA) is 120 Å². The molecule has 1 fully saturated rings. The van der Waals surface area contributed by atoms with Crippen molar-refractivity contribution < 1.29 is 31.5 Å². The van der Waals surface area contributed by atoms with E-state index in [1.54, 1.807) is 38.1 Å². The number of anilines is 1. The molecule has 0 bridgehead atoms. The summed E-state index contributed by atoms with van der Waals surface area (Å²) >= 11 is 2.08. The van der Waals surface area contributed by atoms with Crippen molar-refractivity contribution >= 4 is 40.1 Å². The Labute approximate surface area is 255 Å². The van der Waals surface area contributed by atoms with E-state index in [-0.39, 0.29) is 28.7 Å². The average Bonchev–Trinajstić information content (AvgIpc) is 3.48. The zero-order valence-electron chi connectivity index (χ0n) is 22.7. The Kier molecular flexibility index (Phi) is 8.24. The second-order valence-corrected chi connectivity index (χ2v) is 11.4. The van der Waals surface area contributed by atoms with E-state index in [2.05, 4.69) is 53.5 Å². The van der Waals surface area contributed by atoms with Crippen molar-refractivity contribution in [1.82, 2.24) is 35.1 Å². The minimum absolute atomic E-state index is 0.0351. The molecule has 0 radical (unpaired) electrons. The normalized spacial score (nSPS) is 13.7. The lowest BCUT2D eigenvalue weighted by Gasteiger charge is -2.16. The number of halogens is 6. The van der Waals surface area contributed by atoms with Gasteiger partial charge in [-0.2, -0.15) is 42.0 Å². The molecule has 16 heteroatoms. The van der Waals surface area contributed by atoms with E-state index >= 15 is 0 Å². The number of amides is 2. The van der Waals surface area contributed by atoms with Crippen LogP contribution in [0.25, 0.3) is 5.82 Å². The van der Waals surface area contributed by atoms with Crippen LogP contribution in [0.5, 0.6) is 0 Å². The predicted octanol–water partition coefficient (Wildman–Crippen LogP) is 5.17. The molecular weight excluding hydrogens is 690 g/mol. The van der Waals surface area contributed by atoms with E-state index < -0.39 is 30.2 Å². The highest BCUT2D eigenvalue weighted by Gasteiger charge is 2.60. The smallest absolute Gasteiger partial charge is 0.352 e. The quantitative estimate of drug-likeness (QED) is 0.183. The highest BCUT2D eigenvalue weighted by atomic mass is 127. The van der Waals surface area contributed by atoms with Crippen LogP contribution in [-0.4, -0.2) is 54.3 Å². The molecule has 10 nitrogen and oxygen atoms in total. The van der Waals surface area contributed by atoms with E-state index in [1.165, 1.54) is 16.9 Å². The Morgan fingerprint density at radius 1 is 1.05 bits per heavy atom. The molecule has 1 aliphatic rings. The Morgan fingerprint density at radius 2 is 1.79 bits per heavy atom. The third-order valence-corrected chi connectivity index (χ3v) is 7.35. The van der Waals surface area contributed by atoms with Crippen LogP contribution >= 0.6 is 22.6 Å². The largest absolute Gasteiger partial charge is 0.459 e. The highest BCUT2D eigenvalue weighted by Crippen LogP contribution is 2.42. The van der Waals surface area contributed by atoms with E-state index in [4.69, 9.17) is 0 Å². The number of hydrogen-bond acceptors (Lipinski definition) is 6. The molecule has 0 unspecified atom stereocenters. The molecule has 1 saturated carbocycles. The van der Waals surface area contributed by atoms with Gasteiger partial charge in [-0.1, -0.05) is 6.07 Å². The summed E-state index contributed by atoms with van der Waals surface area (Å²) in [5, 5.41) is 16.9. The van der Waals surface area contributed by atoms with Gasteiger partial charge >= 0.3 is 12.1 Å². The molecule has 1 aromatic carbocycles. The van der Waals surface area contributed by atoms with Crippen molar-refractivity contribution in [3.8, 4) is 5.82 Å². The van der Waals surface area contributed by atoms with Gasteiger partial charge in [-0.3, -0.25) is 9.59 Å². The maximum atomic E-state index is 13.7. The molecule has 0 saturated heterocycles.